The summed E-state index contributed by atoms with van der Waals surface area (Å²) in [6, 6.07) is -0.0176. The van der Waals surface area contributed by atoms with Gasteiger partial charge in [-0.2, -0.15) is 12.7 Å². The van der Waals surface area contributed by atoms with Crippen molar-refractivity contribution in [2.24, 2.45) is 5.41 Å². The van der Waals surface area contributed by atoms with Gasteiger partial charge in [0, 0.05) is 25.0 Å². The molecule has 102 valence electrons. The van der Waals surface area contributed by atoms with E-state index >= 15 is 0 Å². The highest BCUT2D eigenvalue weighted by atomic mass is 79.9. The van der Waals surface area contributed by atoms with E-state index in [1.165, 1.54) is 17.1 Å². The van der Waals surface area contributed by atoms with Crippen LogP contribution in [0.1, 0.15) is 39.5 Å². The molecule has 4 nitrogen and oxygen atoms in total. The molecule has 1 aliphatic carbocycles. The first-order valence-corrected chi connectivity index (χ1v) is 8.68. The van der Waals surface area contributed by atoms with Crippen molar-refractivity contribution in [2.75, 3.05) is 18.9 Å². The van der Waals surface area contributed by atoms with Gasteiger partial charge in [0.2, 0.25) is 0 Å². The van der Waals surface area contributed by atoms with Gasteiger partial charge in [-0.25, -0.2) is 4.72 Å². The van der Waals surface area contributed by atoms with Gasteiger partial charge in [-0.1, -0.05) is 28.8 Å². The van der Waals surface area contributed by atoms with E-state index in [-0.39, 0.29) is 11.5 Å². The van der Waals surface area contributed by atoms with Crippen LogP contribution in [-0.4, -0.2) is 37.7 Å². The molecule has 0 amide bonds. The van der Waals surface area contributed by atoms with E-state index in [4.69, 9.17) is 0 Å². The molecule has 0 unspecified atom stereocenters. The van der Waals surface area contributed by atoms with Crippen LogP contribution >= 0.6 is 15.9 Å². The van der Waals surface area contributed by atoms with Crippen molar-refractivity contribution in [1.82, 2.24) is 9.03 Å². The van der Waals surface area contributed by atoms with Crippen molar-refractivity contribution in [3.05, 3.63) is 0 Å². The van der Waals surface area contributed by atoms with E-state index < -0.39 is 10.2 Å². The quantitative estimate of drug-likeness (QED) is 0.760. The fraction of sp³-hybridized carbons (Fsp3) is 1.00. The maximum atomic E-state index is 12.0. The van der Waals surface area contributed by atoms with Crippen LogP contribution in [0, 0.1) is 5.41 Å². The van der Waals surface area contributed by atoms with E-state index in [9.17, 15) is 8.42 Å². The average molecular weight is 327 g/mol. The maximum absolute atomic E-state index is 12.0. The van der Waals surface area contributed by atoms with Crippen LogP contribution in [0.3, 0.4) is 0 Å². The van der Waals surface area contributed by atoms with Crippen LogP contribution in [-0.2, 0) is 10.2 Å². The Kier molecular flexibility index (Phi) is 5.43. The van der Waals surface area contributed by atoms with E-state index in [0.29, 0.717) is 6.54 Å². The number of hydrogen-bond acceptors (Lipinski definition) is 2. The van der Waals surface area contributed by atoms with Crippen molar-refractivity contribution in [3.8, 4) is 0 Å². The molecule has 0 atom stereocenters. The minimum Gasteiger partial charge on any atom is -0.202 e. The average Bonchev–Trinajstić information content (AvgIpc) is 2.75. The van der Waals surface area contributed by atoms with Gasteiger partial charge < -0.3 is 0 Å². The Morgan fingerprint density at radius 2 is 1.88 bits per heavy atom. The van der Waals surface area contributed by atoms with Gasteiger partial charge in [0.25, 0.3) is 10.2 Å². The molecule has 1 rings (SSSR count). The van der Waals surface area contributed by atoms with Crippen LogP contribution in [0.5, 0.6) is 0 Å². The number of hydrogen-bond donors (Lipinski definition) is 1. The monoisotopic (exact) mass is 326 g/mol. The lowest BCUT2D eigenvalue weighted by Gasteiger charge is -2.29. The van der Waals surface area contributed by atoms with E-state index in [1.807, 2.05) is 13.8 Å². The molecule has 0 aromatic heterocycles. The number of nitrogens with zero attached hydrogens (tertiary/aromatic N) is 1. The molecular weight excluding hydrogens is 304 g/mol. The third-order valence-electron chi connectivity index (χ3n) is 3.68. The smallest absolute Gasteiger partial charge is 0.202 e. The molecule has 1 aliphatic rings. The molecule has 0 heterocycles. The minimum absolute atomic E-state index is 0.0176. The summed E-state index contributed by atoms with van der Waals surface area (Å²) in [5, 5.41) is 0.869. The van der Waals surface area contributed by atoms with E-state index in [1.54, 1.807) is 7.05 Å². The number of nitrogens with one attached hydrogen (secondary N) is 1. The van der Waals surface area contributed by atoms with E-state index in [2.05, 4.69) is 20.7 Å². The first-order chi connectivity index (χ1) is 7.83. The van der Waals surface area contributed by atoms with E-state index in [0.717, 1.165) is 18.2 Å². The Morgan fingerprint density at radius 3 is 2.29 bits per heavy atom. The van der Waals surface area contributed by atoms with Crippen LogP contribution in [0.25, 0.3) is 0 Å². The second kappa shape index (κ2) is 5.99. The number of alkyl halides is 1. The fourth-order valence-electron chi connectivity index (χ4n) is 2.11. The summed E-state index contributed by atoms with van der Waals surface area (Å²) in [7, 11) is -1.72. The first kappa shape index (κ1) is 15.4. The Bertz CT molecular complexity index is 337. The normalized spacial score (nSPS) is 20.4. The predicted molar refractivity (Wildman–Crippen MR) is 74.5 cm³/mol. The molecule has 0 radical (unpaired) electrons. The van der Waals surface area contributed by atoms with Gasteiger partial charge in [-0.05, 0) is 32.1 Å². The summed E-state index contributed by atoms with van der Waals surface area (Å²) >= 11 is 3.52. The van der Waals surface area contributed by atoms with Gasteiger partial charge in [-0.3, -0.25) is 0 Å². The molecule has 1 fully saturated rings. The zero-order chi connectivity index (χ0) is 13.1. The third-order valence-corrected chi connectivity index (χ3v) is 6.56. The molecule has 0 bridgehead atoms. The minimum atomic E-state index is -3.33. The Labute approximate surface area is 113 Å². The molecule has 0 spiro atoms. The molecule has 0 aromatic carbocycles. The SMILES string of the molecule is CC(C)N(C)S(=O)(=O)NCC1(CBr)CCCC1. The molecule has 0 aliphatic heterocycles. The second-order valence-electron chi connectivity index (χ2n) is 5.28. The lowest BCUT2D eigenvalue weighted by Crippen LogP contribution is -2.46. The predicted octanol–water partition coefficient (Wildman–Crippen LogP) is 2.12. The van der Waals surface area contributed by atoms with Crippen molar-refractivity contribution in [3.63, 3.8) is 0 Å². The van der Waals surface area contributed by atoms with Crippen molar-refractivity contribution in [1.29, 1.82) is 0 Å². The maximum Gasteiger partial charge on any atom is 0.279 e. The Hall–Kier alpha value is 0.350. The van der Waals surface area contributed by atoms with Gasteiger partial charge >= 0.3 is 0 Å². The summed E-state index contributed by atoms with van der Waals surface area (Å²) in [4.78, 5) is 0. The molecule has 0 aromatic rings. The topological polar surface area (TPSA) is 49.4 Å². The van der Waals surface area contributed by atoms with Crippen LogP contribution < -0.4 is 4.72 Å². The standard InChI is InChI=1S/C11H23BrN2O2S/c1-10(2)14(3)17(15,16)13-9-11(8-12)6-4-5-7-11/h10,13H,4-9H2,1-3H3. The number of halogens is 1. The molecule has 1 N–H and O–H groups in total. The second-order valence-corrected chi connectivity index (χ2v) is 7.65. The van der Waals surface area contributed by atoms with Crippen LogP contribution in [0.2, 0.25) is 0 Å². The van der Waals surface area contributed by atoms with Crippen molar-refractivity contribution in [2.45, 2.75) is 45.6 Å². The van der Waals surface area contributed by atoms with Crippen LogP contribution in [0.15, 0.2) is 0 Å². The highest BCUT2D eigenvalue weighted by Gasteiger charge is 2.34. The van der Waals surface area contributed by atoms with Crippen molar-refractivity contribution >= 4 is 26.1 Å². The highest BCUT2D eigenvalue weighted by molar-refractivity contribution is 9.09. The molecule has 0 saturated heterocycles. The Balaban J connectivity index is 2.60. The van der Waals surface area contributed by atoms with Gasteiger partial charge in [0.1, 0.15) is 0 Å². The highest BCUT2D eigenvalue weighted by Crippen LogP contribution is 2.39. The summed E-state index contributed by atoms with van der Waals surface area (Å²) in [5.41, 5.74) is 0.116. The van der Waals surface area contributed by atoms with Crippen molar-refractivity contribution < 1.29 is 8.42 Å². The molecule has 6 heteroatoms. The Morgan fingerprint density at radius 1 is 1.35 bits per heavy atom. The third kappa shape index (κ3) is 3.91. The van der Waals surface area contributed by atoms with Crippen LogP contribution in [0.4, 0.5) is 0 Å². The summed E-state index contributed by atoms with van der Waals surface area (Å²) in [5.74, 6) is 0. The largest absolute Gasteiger partial charge is 0.279 e. The lowest BCUT2D eigenvalue weighted by atomic mass is 9.89. The fourth-order valence-corrected chi connectivity index (χ4v) is 4.11. The molecular formula is C11H23BrN2O2S. The zero-order valence-electron chi connectivity index (χ0n) is 10.9. The summed E-state index contributed by atoms with van der Waals surface area (Å²) in [6.45, 7) is 4.28. The lowest BCUT2D eigenvalue weighted by molar-refractivity contribution is 0.336. The van der Waals surface area contributed by atoms with Gasteiger partial charge in [0.05, 0.1) is 0 Å². The zero-order valence-corrected chi connectivity index (χ0v) is 13.3. The molecule has 17 heavy (non-hydrogen) atoms. The molecule has 1 saturated carbocycles. The van der Waals surface area contributed by atoms with Gasteiger partial charge in [-0.15, -0.1) is 0 Å². The summed E-state index contributed by atoms with van der Waals surface area (Å²) in [6.07, 6.45) is 4.61. The van der Waals surface area contributed by atoms with Gasteiger partial charge in [0.15, 0.2) is 0 Å². The number of rotatable bonds is 6. The first-order valence-electron chi connectivity index (χ1n) is 6.12. The summed E-state index contributed by atoms with van der Waals surface area (Å²) < 4.78 is 28.1.